The average molecular weight is 192 g/mol. The van der Waals surface area contributed by atoms with Crippen molar-refractivity contribution >= 4 is 11.9 Å². The van der Waals surface area contributed by atoms with E-state index in [1.54, 1.807) is 0 Å². The molecule has 6 heteroatoms. The molecule has 3 N–H and O–H groups in total. The molecule has 0 spiro atoms. The molecule has 76 valence electrons. The molecule has 0 heterocycles. The standard InChI is InChI=1S/C7H12O6/c1-4(9)2-6(11)13-7(12)5(10)3-8/h4-5,8-10H,2-3H2,1H3. The van der Waals surface area contributed by atoms with Crippen LogP contribution in [0.5, 0.6) is 0 Å². The van der Waals surface area contributed by atoms with Gasteiger partial charge in [0.25, 0.3) is 0 Å². The SMILES string of the molecule is CC(O)CC(=O)OC(=O)C(O)CO. The van der Waals surface area contributed by atoms with E-state index in [0.717, 1.165) is 0 Å². The second-order valence-electron chi connectivity index (χ2n) is 2.54. The molecule has 2 unspecified atom stereocenters. The van der Waals surface area contributed by atoms with E-state index in [2.05, 4.69) is 4.74 Å². The number of hydrogen-bond acceptors (Lipinski definition) is 6. The fraction of sp³-hybridized carbons (Fsp3) is 0.714. The van der Waals surface area contributed by atoms with Crippen LogP contribution in [0.15, 0.2) is 0 Å². The summed E-state index contributed by atoms with van der Waals surface area (Å²) in [5.41, 5.74) is 0. The fourth-order valence-electron chi connectivity index (χ4n) is 0.538. The molecule has 0 aromatic heterocycles. The smallest absolute Gasteiger partial charge is 0.345 e. The van der Waals surface area contributed by atoms with Gasteiger partial charge in [-0.25, -0.2) is 4.79 Å². The van der Waals surface area contributed by atoms with E-state index in [4.69, 9.17) is 15.3 Å². The summed E-state index contributed by atoms with van der Waals surface area (Å²) in [7, 11) is 0. The molecule has 0 bridgehead atoms. The Labute approximate surface area is 74.7 Å². The second-order valence-corrected chi connectivity index (χ2v) is 2.54. The third-order valence-electron chi connectivity index (χ3n) is 1.12. The van der Waals surface area contributed by atoms with Crippen LogP contribution in [0.2, 0.25) is 0 Å². The zero-order chi connectivity index (χ0) is 10.4. The van der Waals surface area contributed by atoms with E-state index in [1.165, 1.54) is 6.92 Å². The van der Waals surface area contributed by atoms with Crippen LogP contribution >= 0.6 is 0 Å². The molecule has 0 aliphatic heterocycles. The second kappa shape index (κ2) is 5.63. The maximum absolute atomic E-state index is 10.7. The topological polar surface area (TPSA) is 104 Å². The van der Waals surface area contributed by atoms with Gasteiger partial charge >= 0.3 is 11.9 Å². The summed E-state index contributed by atoms with van der Waals surface area (Å²) in [6.45, 7) is 0.551. The van der Waals surface area contributed by atoms with E-state index in [9.17, 15) is 9.59 Å². The Kier molecular flexibility index (Phi) is 5.20. The van der Waals surface area contributed by atoms with Gasteiger partial charge in [-0.15, -0.1) is 0 Å². The Morgan fingerprint density at radius 1 is 1.38 bits per heavy atom. The molecule has 0 aliphatic rings. The number of esters is 2. The van der Waals surface area contributed by atoms with Gasteiger partial charge in [-0.05, 0) is 6.92 Å². The van der Waals surface area contributed by atoms with Gasteiger partial charge in [0, 0.05) is 0 Å². The lowest BCUT2D eigenvalue weighted by molar-refractivity contribution is -0.168. The van der Waals surface area contributed by atoms with Gasteiger partial charge < -0.3 is 20.1 Å². The molecule has 0 saturated heterocycles. The summed E-state index contributed by atoms with van der Waals surface area (Å²) in [5.74, 6) is -2.15. The van der Waals surface area contributed by atoms with Crippen LogP contribution in [0.3, 0.4) is 0 Å². The first kappa shape index (κ1) is 12.0. The Bertz CT molecular complexity index is 187. The van der Waals surface area contributed by atoms with E-state index in [-0.39, 0.29) is 6.42 Å². The van der Waals surface area contributed by atoms with Crippen LogP contribution in [0.1, 0.15) is 13.3 Å². The third kappa shape index (κ3) is 5.29. The van der Waals surface area contributed by atoms with E-state index in [0.29, 0.717) is 0 Å². The average Bonchev–Trinajstić information content (AvgIpc) is 2.01. The Morgan fingerprint density at radius 2 is 1.92 bits per heavy atom. The summed E-state index contributed by atoms with van der Waals surface area (Å²) >= 11 is 0. The van der Waals surface area contributed by atoms with Crippen LogP contribution in [0.25, 0.3) is 0 Å². The number of ether oxygens (including phenoxy) is 1. The summed E-state index contributed by atoms with van der Waals surface area (Å²) in [6.07, 6.45) is -2.95. The predicted octanol–water partition coefficient (Wildman–Crippen LogP) is -1.82. The molecule has 0 aromatic rings. The van der Waals surface area contributed by atoms with Crippen molar-refractivity contribution in [2.45, 2.75) is 25.6 Å². The molecule has 0 saturated carbocycles. The zero-order valence-corrected chi connectivity index (χ0v) is 7.14. The van der Waals surface area contributed by atoms with Gasteiger partial charge in [0.1, 0.15) is 0 Å². The van der Waals surface area contributed by atoms with Crippen molar-refractivity contribution in [1.82, 2.24) is 0 Å². The quantitative estimate of drug-likeness (QED) is 0.358. The van der Waals surface area contributed by atoms with Gasteiger partial charge in [-0.1, -0.05) is 0 Å². The van der Waals surface area contributed by atoms with E-state index < -0.39 is 30.8 Å². The highest BCUT2D eigenvalue weighted by Crippen LogP contribution is 1.95. The Hall–Kier alpha value is -0.980. The summed E-state index contributed by atoms with van der Waals surface area (Å²) < 4.78 is 4.07. The lowest BCUT2D eigenvalue weighted by atomic mass is 10.3. The first-order valence-electron chi connectivity index (χ1n) is 3.69. The molecular formula is C7H12O6. The summed E-state index contributed by atoms with van der Waals surface area (Å²) in [5, 5.41) is 25.7. The van der Waals surface area contributed by atoms with E-state index >= 15 is 0 Å². The Morgan fingerprint density at radius 3 is 2.31 bits per heavy atom. The molecule has 0 fully saturated rings. The minimum atomic E-state index is -1.71. The normalized spacial score (nSPS) is 14.8. The molecule has 0 rings (SSSR count). The van der Waals surface area contributed by atoms with Crippen LogP contribution in [0, 0.1) is 0 Å². The highest BCUT2D eigenvalue weighted by atomic mass is 16.6. The minimum absolute atomic E-state index is 0.329. The maximum atomic E-state index is 10.7. The van der Waals surface area contributed by atoms with Crippen molar-refractivity contribution in [2.24, 2.45) is 0 Å². The van der Waals surface area contributed by atoms with Gasteiger partial charge in [0.2, 0.25) is 0 Å². The lowest BCUT2D eigenvalue weighted by Gasteiger charge is -2.07. The molecule has 0 radical (unpaired) electrons. The van der Waals surface area contributed by atoms with Crippen LogP contribution in [-0.4, -0.2) is 46.1 Å². The Balaban J connectivity index is 3.85. The molecule has 13 heavy (non-hydrogen) atoms. The van der Waals surface area contributed by atoms with Crippen molar-refractivity contribution in [2.75, 3.05) is 6.61 Å². The van der Waals surface area contributed by atoms with Crippen LogP contribution in [-0.2, 0) is 14.3 Å². The largest absolute Gasteiger partial charge is 0.393 e. The van der Waals surface area contributed by atoms with Crippen LogP contribution in [0.4, 0.5) is 0 Å². The van der Waals surface area contributed by atoms with Gasteiger partial charge in [0.05, 0.1) is 19.1 Å². The molecule has 0 aliphatic carbocycles. The monoisotopic (exact) mass is 192 g/mol. The maximum Gasteiger partial charge on any atom is 0.345 e. The van der Waals surface area contributed by atoms with Crippen molar-refractivity contribution in [1.29, 1.82) is 0 Å². The van der Waals surface area contributed by atoms with Crippen molar-refractivity contribution in [3.05, 3.63) is 0 Å². The first-order valence-corrected chi connectivity index (χ1v) is 3.69. The number of carbonyl (C=O) groups excluding carboxylic acids is 2. The highest BCUT2D eigenvalue weighted by molar-refractivity contribution is 5.87. The number of aliphatic hydroxyl groups is 3. The third-order valence-corrected chi connectivity index (χ3v) is 1.12. The van der Waals surface area contributed by atoms with E-state index in [1.807, 2.05) is 0 Å². The first-order chi connectivity index (χ1) is 5.97. The van der Waals surface area contributed by atoms with Gasteiger partial charge in [-0.2, -0.15) is 0 Å². The molecule has 2 atom stereocenters. The van der Waals surface area contributed by atoms with Crippen molar-refractivity contribution in [3.63, 3.8) is 0 Å². The van der Waals surface area contributed by atoms with Crippen LogP contribution < -0.4 is 0 Å². The predicted molar refractivity (Wildman–Crippen MR) is 40.5 cm³/mol. The van der Waals surface area contributed by atoms with Gasteiger partial charge in [0.15, 0.2) is 6.10 Å². The number of aliphatic hydroxyl groups excluding tert-OH is 3. The van der Waals surface area contributed by atoms with Crippen molar-refractivity contribution in [3.8, 4) is 0 Å². The lowest BCUT2D eigenvalue weighted by Crippen LogP contribution is -2.29. The number of carbonyl (C=O) groups is 2. The minimum Gasteiger partial charge on any atom is -0.393 e. The summed E-state index contributed by atoms with van der Waals surface area (Å²) in [4.78, 5) is 21.3. The summed E-state index contributed by atoms with van der Waals surface area (Å²) in [6, 6.07) is 0. The molecular weight excluding hydrogens is 180 g/mol. The fourth-order valence-corrected chi connectivity index (χ4v) is 0.538. The molecule has 0 aromatic carbocycles. The highest BCUT2D eigenvalue weighted by Gasteiger charge is 2.19. The van der Waals surface area contributed by atoms with Crippen molar-refractivity contribution < 1.29 is 29.6 Å². The number of hydrogen-bond donors (Lipinski definition) is 3. The van der Waals surface area contributed by atoms with Gasteiger partial charge in [-0.3, -0.25) is 4.79 Å². The number of rotatable bonds is 4. The zero-order valence-electron chi connectivity index (χ0n) is 7.14. The molecule has 0 amide bonds. The molecule has 6 nitrogen and oxygen atoms in total.